The molecular weight excluding hydrogens is 448 g/mol. The molecule has 2 aromatic carbocycles. The van der Waals surface area contributed by atoms with Gasteiger partial charge in [0.25, 0.3) is 5.69 Å². The summed E-state index contributed by atoms with van der Waals surface area (Å²) in [7, 11) is 4.04. The first-order chi connectivity index (χ1) is 16.4. The van der Waals surface area contributed by atoms with E-state index < -0.39 is 22.7 Å². The van der Waals surface area contributed by atoms with Gasteiger partial charge in [-0.1, -0.05) is 17.2 Å². The van der Waals surface area contributed by atoms with E-state index in [-0.39, 0.29) is 28.5 Å². The highest BCUT2D eigenvalue weighted by Crippen LogP contribution is 2.38. The number of anilines is 1. The Morgan fingerprint density at radius 3 is 2.53 bits per heavy atom. The van der Waals surface area contributed by atoms with Gasteiger partial charge in [0.05, 0.1) is 31.8 Å². The number of nitro groups is 1. The minimum Gasteiger partial charge on any atom is -0.493 e. The number of fused-ring (bicyclic) bond motifs is 1. The summed E-state index contributed by atoms with van der Waals surface area (Å²) < 4.78 is 16.7. The number of methoxy groups -OCH3 is 3. The molecule has 0 bridgehead atoms. The molecule has 1 aliphatic heterocycles. The van der Waals surface area contributed by atoms with Gasteiger partial charge in [0.2, 0.25) is 5.95 Å². The number of rotatable bonds is 7. The SMILES string of the molecule is COC(=O)C1=C(C(=O)c2ccc(OC)c(OC)c2)[C@@H](c2cccc([N+](=O)[O-])c2)n2nnnc2N1. The third-order valence-electron chi connectivity index (χ3n) is 5.19. The topological polar surface area (TPSA) is 161 Å². The molecule has 3 aromatic rings. The van der Waals surface area contributed by atoms with Gasteiger partial charge >= 0.3 is 5.97 Å². The maximum absolute atomic E-state index is 13.8. The molecule has 0 unspecified atom stereocenters. The van der Waals surface area contributed by atoms with Crippen LogP contribution < -0.4 is 14.8 Å². The van der Waals surface area contributed by atoms with Gasteiger partial charge < -0.3 is 19.5 Å². The molecule has 34 heavy (non-hydrogen) atoms. The quantitative estimate of drug-likeness (QED) is 0.234. The lowest BCUT2D eigenvalue weighted by Crippen LogP contribution is -2.33. The first-order valence-electron chi connectivity index (χ1n) is 9.78. The lowest BCUT2D eigenvalue weighted by Gasteiger charge is -2.28. The van der Waals surface area contributed by atoms with Crippen LogP contribution in [0.1, 0.15) is 22.0 Å². The number of Topliss-reactive ketones (excluding diaryl/α,β-unsaturated/α-hetero) is 1. The summed E-state index contributed by atoms with van der Waals surface area (Å²) in [6, 6.07) is 9.09. The molecule has 4 rings (SSSR count). The van der Waals surface area contributed by atoms with Crippen LogP contribution in [0, 0.1) is 10.1 Å². The van der Waals surface area contributed by atoms with E-state index >= 15 is 0 Å². The standard InChI is InChI=1S/C21H18N6O7/c1-32-14-8-7-12(10-15(14)33-2)19(28)16-17(20(29)34-3)22-21-23-24-25-26(21)18(16)11-5-4-6-13(9-11)27(30)31/h4-10,18H,1-3H3,(H,22,23,25)/t18-/m1/s1. The lowest BCUT2D eigenvalue weighted by molar-refractivity contribution is -0.384. The molecule has 13 nitrogen and oxygen atoms in total. The van der Waals surface area contributed by atoms with Crippen LogP contribution in [-0.4, -0.2) is 58.2 Å². The Kier molecular flexibility index (Phi) is 5.91. The summed E-state index contributed by atoms with van der Waals surface area (Å²) in [4.78, 5) is 37.3. The maximum Gasteiger partial charge on any atom is 0.355 e. The minimum absolute atomic E-state index is 0.0563. The van der Waals surface area contributed by atoms with Gasteiger partial charge in [-0.2, -0.15) is 4.68 Å². The number of carbonyl (C=O) groups is 2. The second-order valence-electron chi connectivity index (χ2n) is 7.01. The van der Waals surface area contributed by atoms with Gasteiger partial charge in [-0.05, 0) is 34.2 Å². The smallest absolute Gasteiger partial charge is 0.355 e. The number of benzene rings is 2. The summed E-state index contributed by atoms with van der Waals surface area (Å²) in [6.45, 7) is 0. The summed E-state index contributed by atoms with van der Waals surface area (Å²) in [5, 5.41) is 25.5. The van der Waals surface area contributed by atoms with E-state index in [0.717, 1.165) is 7.11 Å². The van der Waals surface area contributed by atoms with E-state index in [4.69, 9.17) is 14.2 Å². The number of hydrogen-bond acceptors (Lipinski definition) is 11. The predicted molar refractivity (Wildman–Crippen MR) is 116 cm³/mol. The Bertz CT molecular complexity index is 1330. The van der Waals surface area contributed by atoms with Gasteiger partial charge in [-0.25, -0.2) is 4.79 Å². The molecular formula is C21H18N6O7. The van der Waals surface area contributed by atoms with Crippen molar-refractivity contribution >= 4 is 23.4 Å². The molecule has 1 aromatic heterocycles. The van der Waals surface area contributed by atoms with Crippen molar-refractivity contribution in [3.8, 4) is 11.5 Å². The number of esters is 1. The summed E-state index contributed by atoms with van der Waals surface area (Å²) >= 11 is 0. The second kappa shape index (κ2) is 8.97. The second-order valence-corrected chi connectivity index (χ2v) is 7.01. The third kappa shape index (κ3) is 3.79. The average molecular weight is 466 g/mol. The zero-order valence-corrected chi connectivity index (χ0v) is 18.2. The van der Waals surface area contributed by atoms with Gasteiger partial charge in [0, 0.05) is 17.7 Å². The number of carbonyl (C=O) groups excluding carboxylic acids is 2. The number of nitrogens with one attached hydrogen (secondary N) is 1. The number of nitrogens with zero attached hydrogens (tertiary/aromatic N) is 5. The fourth-order valence-electron chi connectivity index (χ4n) is 3.64. The molecule has 0 fully saturated rings. The Morgan fingerprint density at radius 1 is 1.09 bits per heavy atom. The van der Waals surface area contributed by atoms with Crippen molar-refractivity contribution in [2.45, 2.75) is 6.04 Å². The zero-order valence-electron chi connectivity index (χ0n) is 18.2. The number of nitro benzene ring substituents is 1. The number of allylic oxidation sites excluding steroid dienone is 1. The van der Waals surface area contributed by atoms with Crippen molar-refractivity contribution in [1.29, 1.82) is 0 Å². The predicted octanol–water partition coefficient (Wildman–Crippen LogP) is 1.92. The highest BCUT2D eigenvalue weighted by molar-refractivity contribution is 6.15. The molecule has 1 atom stereocenters. The van der Waals surface area contributed by atoms with E-state index in [1.165, 1.54) is 49.2 Å². The third-order valence-corrected chi connectivity index (χ3v) is 5.19. The Morgan fingerprint density at radius 2 is 1.85 bits per heavy atom. The number of hydrogen-bond donors (Lipinski definition) is 1. The van der Waals surface area contributed by atoms with Crippen LogP contribution in [0.4, 0.5) is 11.6 Å². The van der Waals surface area contributed by atoms with Crippen molar-refractivity contribution < 1.29 is 28.7 Å². The van der Waals surface area contributed by atoms with Crippen molar-refractivity contribution in [3.05, 3.63) is 75.0 Å². The number of tetrazole rings is 1. The fraction of sp³-hybridized carbons (Fsp3) is 0.190. The molecule has 1 N–H and O–H groups in total. The molecule has 0 radical (unpaired) electrons. The molecule has 0 amide bonds. The van der Waals surface area contributed by atoms with E-state index in [0.29, 0.717) is 17.1 Å². The normalized spacial score (nSPS) is 14.6. The lowest BCUT2D eigenvalue weighted by atomic mass is 9.89. The molecule has 174 valence electrons. The van der Waals surface area contributed by atoms with Crippen molar-refractivity contribution in [2.24, 2.45) is 0 Å². The Balaban J connectivity index is 1.95. The molecule has 13 heteroatoms. The van der Waals surface area contributed by atoms with Gasteiger partial charge in [-0.15, -0.1) is 0 Å². The molecule has 0 spiro atoms. The summed E-state index contributed by atoms with van der Waals surface area (Å²) in [6.07, 6.45) is 0. The molecule has 2 heterocycles. The largest absolute Gasteiger partial charge is 0.493 e. The van der Waals surface area contributed by atoms with Crippen LogP contribution in [0.3, 0.4) is 0 Å². The van der Waals surface area contributed by atoms with Crippen molar-refractivity contribution in [2.75, 3.05) is 26.6 Å². The maximum atomic E-state index is 13.8. The number of ketones is 1. The molecule has 0 aliphatic carbocycles. The van der Waals surface area contributed by atoms with E-state index in [1.54, 1.807) is 12.1 Å². The Hall–Kier alpha value is -4.81. The Labute approximate surface area is 192 Å². The van der Waals surface area contributed by atoms with E-state index in [9.17, 15) is 19.7 Å². The van der Waals surface area contributed by atoms with Crippen LogP contribution in [0.15, 0.2) is 53.7 Å². The van der Waals surface area contributed by atoms with Crippen molar-refractivity contribution in [3.63, 3.8) is 0 Å². The minimum atomic E-state index is -1.07. The first-order valence-corrected chi connectivity index (χ1v) is 9.78. The van der Waals surface area contributed by atoms with E-state index in [1.807, 2.05) is 0 Å². The van der Waals surface area contributed by atoms with Crippen LogP contribution in [0.25, 0.3) is 0 Å². The van der Waals surface area contributed by atoms with Crippen molar-refractivity contribution in [1.82, 2.24) is 20.2 Å². The summed E-state index contributed by atoms with van der Waals surface area (Å²) in [5.74, 6) is -0.658. The molecule has 1 aliphatic rings. The van der Waals surface area contributed by atoms with Gasteiger partial charge in [0.15, 0.2) is 17.3 Å². The molecule has 0 saturated heterocycles. The number of aromatic nitrogens is 4. The highest BCUT2D eigenvalue weighted by Gasteiger charge is 2.39. The highest BCUT2D eigenvalue weighted by atomic mass is 16.6. The fourth-order valence-corrected chi connectivity index (χ4v) is 3.64. The van der Waals surface area contributed by atoms with E-state index in [2.05, 4.69) is 20.8 Å². The van der Waals surface area contributed by atoms with Crippen LogP contribution >= 0.6 is 0 Å². The van der Waals surface area contributed by atoms with Crippen LogP contribution in [-0.2, 0) is 9.53 Å². The molecule has 0 saturated carbocycles. The van der Waals surface area contributed by atoms with Crippen LogP contribution in [0.2, 0.25) is 0 Å². The van der Waals surface area contributed by atoms with Gasteiger partial charge in [-0.3, -0.25) is 14.9 Å². The number of non-ortho nitro benzene ring substituents is 1. The summed E-state index contributed by atoms with van der Waals surface area (Å²) in [5.41, 5.74) is 0.0148. The average Bonchev–Trinajstić information content (AvgIpc) is 3.34. The van der Waals surface area contributed by atoms with Gasteiger partial charge in [0.1, 0.15) is 11.7 Å². The zero-order chi connectivity index (χ0) is 24.4. The van der Waals surface area contributed by atoms with Crippen LogP contribution in [0.5, 0.6) is 11.5 Å². The monoisotopic (exact) mass is 466 g/mol. The first kappa shape index (κ1) is 22.4. The number of ether oxygens (including phenoxy) is 3.